The van der Waals surface area contributed by atoms with Crippen LogP contribution < -0.4 is 0 Å². The summed E-state index contributed by atoms with van der Waals surface area (Å²) in [6, 6.07) is 6.79. The van der Waals surface area contributed by atoms with Gasteiger partial charge in [0, 0.05) is 11.8 Å². The number of ether oxygens (including phenoxy) is 1. The predicted molar refractivity (Wildman–Crippen MR) is 81.9 cm³/mol. The fourth-order valence-corrected chi connectivity index (χ4v) is 2.78. The average Bonchev–Trinajstić information content (AvgIpc) is 3.01. The molecule has 23 heavy (non-hydrogen) atoms. The van der Waals surface area contributed by atoms with Crippen molar-refractivity contribution in [2.24, 2.45) is 0 Å². The van der Waals surface area contributed by atoms with Crippen molar-refractivity contribution in [2.75, 3.05) is 0 Å². The van der Waals surface area contributed by atoms with E-state index in [9.17, 15) is 14.0 Å². The van der Waals surface area contributed by atoms with Crippen LogP contribution in [-0.4, -0.2) is 22.8 Å². The average molecular weight is 313 g/mol. The number of aryl methyl sites for hydroxylation is 2. The molecule has 1 aromatic heterocycles. The summed E-state index contributed by atoms with van der Waals surface area (Å²) in [6.45, 7) is 1.49. The summed E-state index contributed by atoms with van der Waals surface area (Å²) in [5.41, 5.74) is 2.73. The van der Waals surface area contributed by atoms with Gasteiger partial charge >= 0.3 is 5.97 Å². The van der Waals surface area contributed by atoms with Crippen molar-refractivity contribution in [2.45, 2.75) is 32.3 Å². The van der Waals surface area contributed by atoms with E-state index in [1.54, 1.807) is 6.07 Å². The second kappa shape index (κ2) is 6.28. The summed E-state index contributed by atoms with van der Waals surface area (Å²) < 4.78 is 18.6. The maximum Gasteiger partial charge on any atom is 0.341 e. The third-order valence-corrected chi connectivity index (χ3v) is 4.03. The number of carbonyl (C=O) groups is 2. The van der Waals surface area contributed by atoms with E-state index in [-0.39, 0.29) is 11.3 Å². The summed E-state index contributed by atoms with van der Waals surface area (Å²) in [5, 5.41) is 0. The van der Waals surface area contributed by atoms with Crippen LogP contribution in [0.3, 0.4) is 0 Å². The number of hydrogen-bond acceptors (Lipinski definition) is 4. The molecule has 1 unspecified atom stereocenters. The van der Waals surface area contributed by atoms with E-state index in [0.717, 1.165) is 25.5 Å². The first-order chi connectivity index (χ1) is 11.1. The fourth-order valence-electron chi connectivity index (χ4n) is 2.78. The van der Waals surface area contributed by atoms with Gasteiger partial charge in [0.1, 0.15) is 0 Å². The molecule has 1 aromatic carbocycles. The van der Waals surface area contributed by atoms with Crippen molar-refractivity contribution in [3.63, 3.8) is 0 Å². The molecule has 1 aliphatic rings. The maximum absolute atomic E-state index is 13.5. The van der Waals surface area contributed by atoms with Crippen molar-refractivity contribution in [1.29, 1.82) is 0 Å². The zero-order valence-electron chi connectivity index (χ0n) is 12.7. The number of pyridine rings is 1. The molecule has 5 heteroatoms. The van der Waals surface area contributed by atoms with Crippen molar-refractivity contribution >= 4 is 11.8 Å². The Balaban J connectivity index is 1.73. The lowest BCUT2D eigenvalue weighted by Crippen LogP contribution is -2.25. The Morgan fingerprint density at radius 3 is 2.78 bits per heavy atom. The van der Waals surface area contributed by atoms with E-state index in [0.29, 0.717) is 5.56 Å². The molecule has 1 heterocycles. The van der Waals surface area contributed by atoms with E-state index < -0.39 is 17.9 Å². The van der Waals surface area contributed by atoms with Gasteiger partial charge in [0.05, 0.1) is 11.8 Å². The second-order valence-corrected chi connectivity index (χ2v) is 5.60. The maximum atomic E-state index is 13.5. The van der Waals surface area contributed by atoms with Crippen LogP contribution in [0.15, 0.2) is 36.7 Å². The summed E-state index contributed by atoms with van der Waals surface area (Å²) >= 11 is 0. The van der Waals surface area contributed by atoms with Gasteiger partial charge in [0.2, 0.25) is 5.78 Å². The lowest BCUT2D eigenvalue weighted by atomic mass is 10.0. The number of nitrogens with zero attached hydrogens (tertiary/aromatic N) is 1. The number of esters is 1. The van der Waals surface area contributed by atoms with Gasteiger partial charge in [-0.25, -0.2) is 9.18 Å². The molecule has 0 saturated heterocycles. The van der Waals surface area contributed by atoms with Gasteiger partial charge in [-0.2, -0.15) is 0 Å². The molecule has 118 valence electrons. The first-order valence-electron chi connectivity index (χ1n) is 7.53. The van der Waals surface area contributed by atoms with Gasteiger partial charge in [-0.15, -0.1) is 0 Å². The Bertz CT molecular complexity index is 773. The van der Waals surface area contributed by atoms with Crippen LogP contribution in [0.5, 0.6) is 0 Å². The second-order valence-electron chi connectivity index (χ2n) is 5.60. The molecule has 0 fully saturated rings. The van der Waals surface area contributed by atoms with Crippen molar-refractivity contribution < 1.29 is 18.7 Å². The molecule has 3 rings (SSSR count). The highest BCUT2D eigenvalue weighted by atomic mass is 19.1. The van der Waals surface area contributed by atoms with Gasteiger partial charge < -0.3 is 4.74 Å². The zero-order valence-corrected chi connectivity index (χ0v) is 12.7. The Hall–Kier alpha value is -2.56. The minimum Gasteiger partial charge on any atom is -0.451 e. The summed E-state index contributed by atoms with van der Waals surface area (Å²) in [7, 11) is 0. The molecular weight excluding hydrogens is 297 g/mol. The van der Waals surface area contributed by atoms with E-state index in [4.69, 9.17) is 4.74 Å². The smallest absolute Gasteiger partial charge is 0.341 e. The van der Waals surface area contributed by atoms with Crippen LogP contribution in [0.4, 0.5) is 4.39 Å². The topological polar surface area (TPSA) is 56.3 Å². The lowest BCUT2D eigenvalue weighted by Gasteiger charge is -2.13. The van der Waals surface area contributed by atoms with Crippen molar-refractivity contribution in [3.05, 3.63) is 64.7 Å². The first-order valence-corrected chi connectivity index (χ1v) is 7.53. The highest BCUT2D eigenvalue weighted by Gasteiger charge is 2.23. The van der Waals surface area contributed by atoms with Crippen LogP contribution in [0.25, 0.3) is 0 Å². The number of carbonyl (C=O) groups excluding carboxylic acids is 2. The molecule has 1 atom stereocenters. The van der Waals surface area contributed by atoms with Crippen LogP contribution in [-0.2, 0) is 17.6 Å². The summed E-state index contributed by atoms with van der Waals surface area (Å²) in [5.74, 6) is -1.93. The standard InChI is InChI=1S/C18H16FNO3/c1-11(23-18(22)15-7-8-20-10-16(15)19)17(21)14-6-5-12-3-2-4-13(12)9-14/h5-11H,2-4H2,1H3. The molecule has 2 aromatic rings. The Kier molecular flexibility index (Phi) is 4.19. The predicted octanol–water partition coefficient (Wildman–Crippen LogP) is 3.14. The number of aromatic nitrogens is 1. The number of Topliss-reactive ketones (excluding diaryl/α,β-unsaturated/α-hetero) is 1. The molecule has 1 aliphatic carbocycles. The minimum atomic E-state index is -0.977. The van der Waals surface area contributed by atoms with Gasteiger partial charge in [0.25, 0.3) is 0 Å². The third kappa shape index (κ3) is 3.13. The van der Waals surface area contributed by atoms with E-state index >= 15 is 0 Å². The van der Waals surface area contributed by atoms with Gasteiger partial charge in [-0.1, -0.05) is 12.1 Å². The Morgan fingerprint density at radius 2 is 2.00 bits per heavy atom. The largest absolute Gasteiger partial charge is 0.451 e. The number of hydrogen-bond donors (Lipinski definition) is 0. The number of ketones is 1. The van der Waals surface area contributed by atoms with Crippen LogP contribution in [0.1, 0.15) is 45.2 Å². The molecule has 0 spiro atoms. The van der Waals surface area contributed by atoms with Crippen molar-refractivity contribution in [1.82, 2.24) is 4.98 Å². The SMILES string of the molecule is CC(OC(=O)c1ccncc1F)C(=O)c1ccc2c(c1)CCC2. The molecule has 0 saturated carbocycles. The first kappa shape index (κ1) is 15.3. The molecule has 0 N–H and O–H groups in total. The quantitative estimate of drug-likeness (QED) is 0.643. The monoisotopic (exact) mass is 313 g/mol. The van der Waals surface area contributed by atoms with E-state index in [1.165, 1.54) is 30.3 Å². The molecule has 4 nitrogen and oxygen atoms in total. The highest BCUT2D eigenvalue weighted by Crippen LogP contribution is 2.23. The van der Waals surface area contributed by atoms with E-state index in [1.807, 2.05) is 12.1 Å². The fraction of sp³-hybridized carbons (Fsp3) is 0.278. The van der Waals surface area contributed by atoms with Crippen molar-refractivity contribution in [3.8, 4) is 0 Å². The Morgan fingerprint density at radius 1 is 1.22 bits per heavy atom. The van der Waals surface area contributed by atoms with Gasteiger partial charge in [-0.3, -0.25) is 9.78 Å². The number of fused-ring (bicyclic) bond motifs is 1. The third-order valence-electron chi connectivity index (χ3n) is 4.03. The minimum absolute atomic E-state index is 0.228. The molecule has 0 aliphatic heterocycles. The summed E-state index contributed by atoms with van der Waals surface area (Å²) in [6.07, 6.45) is 4.35. The normalized spacial score (nSPS) is 14.2. The molecule has 0 bridgehead atoms. The highest BCUT2D eigenvalue weighted by molar-refractivity contribution is 6.01. The lowest BCUT2D eigenvalue weighted by molar-refractivity contribution is 0.0314. The van der Waals surface area contributed by atoms with Gasteiger partial charge in [0.15, 0.2) is 11.9 Å². The Labute approximate surface area is 133 Å². The number of rotatable bonds is 4. The number of benzene rings is 1. The van der Waals surface area contributed by atoms with E-state index in [2.05, 4.69) is 4.98 Å². The number of halogens is 1. The zero-order chi connectivity index (χ0) is 16.4. The van der Waals surface area contributed by atoms with Crippen LogP contribution in [0, 0.1) is 5.82 Å². The van der Waals surface area contributed by atoms with Crippen LogP contribution >= 0.6 is 0 Å². The summed E-state index contributed by atoms with van der Waals surface area (Å²) in [4.78, 5) is 27.9. The molecule has 0 amide bonds. The van der Waals surface area contributed by atoms with Gasteiger partial charge in [-0.05, 0) is 49.4 Å². The molecular formula is C18H16FNO3. The van der Waals surface area contributed by atoms with Crippen LogP contribution in [0.2, 0.25) is 0 Å². The molecule has 0 radical (unpaired) electrons.